The van der Waals surface area contributed by atoms with Crippen LogP contribution in [0.2, 0.25) is 0 Å². The molecule has 28 heavy (non-hydrogen) atoms. The van der Waals surface area contributed by atoms with Gasteiger partial charge in [-0.25, -0.2) is 0 Å². The molecule has 3 saturated heterocycles. The average molecular weight is 399 g/mol. The van der Waals surface area contributed by atoms with Crippen molar-refractivity contribution in [1.82, 2.24) is 0 Å². The van der Waals surface area contributed by atoms with Crippen LogP contribution in [-0.4, -0.2) is 58.9 Å². The zero-order valence-electron chi connectivity index (χ0n) is 18.3. The maximum atomic E-state index is 11.9. The summed E-state index contributed by atoms with van der Waals surface area (Å²) >= 11 is 0. The van der Waals surface area contributed by atoms with Crippen molar-refractivity contribution >= 4 is 5.97 Å². The van der Waals surface area contributed by atoms with Crippen molar-refractivity contribution in [2.75, 3.05) is 6.61 Å². The molecule has 3 heterocycles. The van der Waals surface area contributed by atoms with Gasteiger partial charge in [-0.05, 0) is 66.7 Å². The van der Waals surface area contributed by atoms with Gasteiger partial charge in [0.2, 0.25) is 0 Å². The van der Waals surface area contributed by atoms with Gasteiger partial charge in [0.1, 0.15) is 5.60 Å². The first-order chi connectivity index (χ1) is 13.0. The molecule has 3 aliphatic heterocycles. The fourth-order valence-corrected chi connectivity index (χ4v) is 4.22. The maximum Gasteiger partial charge on any atom is 0.306 e. The predicted molar refractivity (Wildman–Crippen MR) is 105 cm³/mol. The third-order valence-electron chi connectivity index (χ3n) is 6.40. The Bertz CT molecular complexity index is 572. The molecule has 6 nitrogen and oxygen atoms in total. The highest BCUT2D eigenvalue weighted by Crippen LogP contribution is 2.49. The summed E-state index contributed by atoms with van der Waals surface area (Å²) in [6.07, 6.45) is 6.08. The molecule has 0 spiro atoms. The van der Waals surface area contributed by atoms with Gasteiger partial charge >= 0.3 is 5.97 Å². The Morgan fingerprint density at radius 3 is 2.29 bits per heavy atom. The number of carbonyl (C=O) groups is 1. The van der Waals surface area contributed by atoms with E-state index in [1.807, 2.05) is 27.7 Å². The van der Waals surface area contributed by atoms with Crippen molar-refractivity contribution in [3.05, 3.63) is 0 Å². The van der Waals surface area contributed by atoms with E-state index in [4.69, 9.17) is 18.9 Å². The molecular weight excluding hydrogens is 360 g/mol. The van der Waals surface area contributed by atoms with E-state index in [-0.39, 0.29) is 41.9 Å². The monoisotopic (exact) mass is 398 g/mol. The second-order valence-corrected chi connectivity index (χ2v) is 10.3. The van der Waals surface area contributed by atoms with Crippen LogP contribution < -0.4 is 0 Å². The largest absolute Gasteiger partial charge is 0.460 e. The van der Waals surface area contributed by atoms with Gasteiger partial charge in [0.25, 0.3) is 0 Å². The molecule has 6 heteroatoms. The van der Waals surface area contributed by atoms with Crippen molar-refractivity contribution in [3.63, 3.8) is 0 Å². The van der Waals surface area contributed by atoms with Gasteiger partial charge in [-0.3, -0.25) is 4.79 Å². The van der Waals surface area contributed by atoms with Crippen molar-refractivity contribution in [1.29, 1.82) is 0 Å². The number of hydrogen-bond donors (Lipinski definition) is 1. The van der Waals surface area contributed by atoms with Crippen LogP contribution in [0.15, 0.2) is 0 Å². The lowest BCUT2D eigenvalue weighted by molar-refractivity contribution is -0.155. The minimum Gasteiger partial charge on any atom is -0.460 e. The van der Waals surface area contributed by atoms with Gasteiger partial charge in [-0.1, -0.05) is 6.92 Å². The van der Waals surface area contributed by atoms with E-state index in [2.05, 4.69) is 13.8 Å². The molecule has 0 radical (unpaired) electrons. The van der Waals surface area contributed by atoms with Crippen molar-refractivity contribution in [2.45, 2.75) is 121 Å². The lowest BCUT2D eigenvalue weighted by Gasteiger charge is -2.19. The van der Waals surface area contributed by atoms with Crippen LogP contribution in [0.25, 0.3) is 0 Å². The number of epoxide rings is 3. The second-order valence-electron chi connectivity index (χ2n) is 10.3. The van der Waals surface area contributed by atoms with E-state index in [0.717, 1.165) is 25.7 Å². The Morgan fingerprint density at radius 1 is 1.07 bits per heavy atom. The highest BCUT2D eigenvalue weighted by atomic mass is 16.6. The normalized spacial score (nSPS) is 40.1. The molecule has 0 saturated carbocycles. The molecule has 7 atom stereocenters. The molecule has 162 valence electrons. The first-order valence-electron chi connectivity index (χ1n) is 10.8. The summed E-state index contributed by atoms with van der Waals surface area (Å²) in [6.45, 7) is 12.1. The zero-order valence-corrected chi connectivity index (χ0v) is 18.3. The van der Waals surface area contributed by atoms with E-state index < -0.39 is 5.60 Å². The van der Waals surface area contributed by atoms with Gasteiger partial charge in [0, 0.05) is 18.9 Å². The Labute approximate surface area is 169 Å². The first kappa shape index (κ1) is 22.0. The van der Waals surface area contributed by atoms with Crippen LogP contribution in [0.5, 0.6) is 0 Å². The van der Waals surface area contributed by atoms with E-state index >= 15 is 0 Å². The number of hydrogen-bond acceptors (Lipinski definition) is 6. The van der Waals surface area contributed by atoms with Gasteiger partial charge in [0.05, 0.1) is 35.6 Å². The third-order valence-corrected chi connectivity index (χ3v) is 6.40. The fourth-order valence-electron chi connectivity index (χ4n) is 4.22. The maximum absolute atomic E-state index is 11.9. The molecule has 0 aliphatic carbocycles. The number of esters is 1. The predicted octanol–water partition coefficient (Wildman–Crippen LogP) is 3.38. The molecule has 3 fully saturated rings. The Hall–Kier alpha value is -0.690. The van der Waals surface area contributed by atoms with Gasteiger partial charge in [-0.2, -0.15) is 0 Å². The number of ether oxygens (including phenoxy) is 4. The van der Waals surface area contributed by atoms with Gasteiger partial charge in [0.15, 0.2) is 0 Å². The number of rotatable bonds is 11. The highest BCUT2D eigenvalue weighted by molar-refractivity contribution is 5.70. The summed E-state index contributed by atoms with van der Waals surface area (Å²) in [5.74, 6) is 0.0681. The van der Waals surface area contributed by atoms with E-state index in [9.17, 15) is 9.90 Å². The second kappa shape index (κ2) is 7.86. The van der Waals surface area contributed by atoms with Crippen LogP contribution in [0.1, 0.15) is 80.1 Å². The SMILES string of the molecule is C[C@@H](CO)C1OC1CC[C@H]1O[C@]1(C)CC[C@H]1O[C@]1(C)CCC(=O)OC(C)(C)C. The molecule has 3 rings (SSSR count). The van der Waals surface area contributed by atoms with Crippen molar-refractivity contribution in [3.8, 4) is 0 Å². The summed E-state index contributed by atoms with van der Waals surface area (Å²) in [5, 5.41) is 9.18. The van der Waals surface area contributed by atoms with E-state index in [1.54, 1.807) is 0 Å². The van der Waals surface area contributed by atoms with Crippen molar-refractivity contribution < 1.29 is 28.8 Å². The fraction of sp³-hybridized carbons (Fsp3) is 0.955. The summed E-state index contributed by atoms with van der Waals surface area (Å²) in [4.78, 5) is 11.9. The minimum atomic E-state index is -0.434. The number of carbonyl (C=O) groups excluding carboxylic acids is 1. The van der Waals surface area contributed by atoms with Gasteiger partial charge in [-0.15, -0.1) is 0 Å². The Morgan fingerprint density at radius 2 is 1.68 bits per heavy atom. The first-order valence-corrected chi connectivity index (χ1v) is 10.8. The molecule has 3 aliphatic rings. The quantitative estimate of drug-likeness (QED) is 0.424. The Balaban J connectivity index is 1.29. The molecule has 0 amide bonds. The van der Waals surface area contributed by atoms with Crippen LogP contribution in [0.4, 0.5) is 0 Å². The molecule has 0 aromatic rings. The topological polar surface area (TPSA) is 84.1 Å². The van der Waals surface area contributed by atoms with Crippen LogP contribution in [0.3, 0.4) is 0 Å². The average Bonchev–Trinajstić information content (AvgIpc) is 3.50. The smallest absolute Gasteiger partial charge is 0.306 e. The molecule has 0 bridgehead atoms. The molecule has 1 N–H and O–H groups in total. The van der Waals surface area contributed by atoms with Crippen LogP contribution in [0, 0.1) is 5.92 Å². The lowest BCUT2D eigenvalue weighted by atomic mass is 9.92. The number of aliphatic hydroxyl groups is 1. The summed E-state index contributed by atoms with van der Waals surface area (Å²) in [6, 6.07) is 0. The zero-order chi connectivity index (χ0) is 20.7. The standard InChI is InChI=1S/C22H38O6/c1-14(13-23)19-15(25-19)7-8-16-21(5,26-16)11-9-17-22(6,27-17)12-10-18(24)28-20(2,3)4/h14-17,19,23H,7-13H2,1-6H3/t14-,15?,16+,17+,19?,21+,22+/m0/s1. The van der Waals surface area contributed by atoms with Crippen molar-refractivity contribution in [2.24, 2.45) is 5.92 Å². The van der Waals surface area contributed by atoms with E-state index in [1.165, 1.54) is 0 Å². The molecule has 2 unspecified atom stereocenters. The van der Waals surface area contributed by atoms with E-state index in [0.29, 0.717) is 25.0 Å². The Kier molecular flexibility index (Phi) is 6.18. The number of aliphatic hydroxyl groups excluding tert-OH is 1. The lowest BCUT2D eigenvalue weighted by Crippen LogP contribution is -2.25. The molecular formula is C22H38O6. The van der Waals surface area contributed by atoms with Crippen LogP contribution >= 0.6 is 0 Å². The van der Waals surface area contributed by atoms with Crippen LogP contribution in [-0.2, 0) is 23.7 Å². The van der Waals surface area contributed by atoms with Gasteiger partial charge < -0.3 is 24.1 Å². The molecule has 0 aromatic heterocycles. The molecule has 0 aromatic carbocycles. The summed E-state index contributed by atoms with van der Waals surface area (Å²) in [7, 11) is 0. The summed E-state index contributed by atoms with van der Waals surface area (Å²) in [5.41, 5.74) is -0.686. The minimum absolute atomic E-state index is 0.0506. The highest BCUT2D eigenvalue weighted by Gasteiger charge is 2.57. The third kappa shape index (κ3) is 5.68. The summed E-state index contributed by atoms with van der Waals surface area (Å²) < 4.78 is 22.9.